The highest BCUT2D eigenvalue weighted by atomic mass is 35.5. The van der Waals surface area contributed by atoms with Gasteiger partial charge in [-0.25, -0.2) is 8.93 Å². The molecule has 1 aromatic heterocycles. The molecule has 2 aliphatic heterocycles. The second kappa shape index (κ2) is 10.5. The van der Waals surface area contributed by atoms with Crippen LogP contribution in [0.2, 0.25) is 0 Å². The van der Waals surface area contributed by atoms with E-state index in [4.69, 9.17) is 16.7 Å². The number of halogens is 1. The van der Waals surface area contributed by atoms with Crippen LogP contribution in [0.5, 0.6) is 0 Å². The highest BCUT2D eigenvalue weighted by Crippen LogP contribution is 2.37. The Morgan fingerprint density at radius 3 is 2.54 bits per heavy atom. The van der Waals surface area contributed by atoms with Crippen molar-refractivity contribution in [3.63, 3.8) is 0 Å². The summed E-state index contributed by atoms with van der Waals surface area (Å²) in [5.74, 6) is 0.458. The first-order valence-electron chi connectivity index (χ1n) is 13.2. The highest BCUT2D eigenvalue weighted by molar-refractivity contribution is 7.83. The van der Waals surface area contributed by atoms with Crippen LogP contribution >= 0.6 is 11.6 Å². The van der Waals surface area contributed by atoms with Gasteiger partial charge in [-0.15, -0.1) is 11.6 Å². The van der Waals surface area contributed by atoms with E-state index in [1.54, 1.807) is 0 Å². The minimum absolute atomic E-state index is 0.0108. The normalized spacial score (nSPS) is 22.2. The molecular formula is C26H37ClN6O3S. The number of piperazine rings is 1. The molecule has 11 heteroatoms. The maximum atomic E-state index is 13.4. The molecule has 0 spiro atoms. The summed E-state index contributed by atoms with van der Waals surface area (Å²) in [5, 5.41) is 5.76. The Morgan fingerprint density at radius 2 is 1.89 bits per heavy atom. The molecule has 2 unspecified atom stereocenters. The van der Waals surface area contributed by atoms with Gasteiger partial charge in [-0.3, -0.25) is 14.3 Å². The van der Waals surface area contributed by atoms with Gasteiger partial charge >= 0.3 is 0 Å². The number of carbonyl (C=O) groups is 2. The smallest absolute Gasteiger partial charge is 0.237 e. The van der Waals surface area contributed by atoms with E-state index in [2.05, 4.69) is 16.5 Å². The molecule has 2 saturated heterocycles. The van der Waals surface area contributed by atoms with Gasteiger partial charge in [0.15, 0.2) is 0 Å². The molecule has 0 bridgehead atoms. The van der Waals surface area contributed by atoms with Crippen molar-refractivity contribution in [2.45, 2.75) is 57.0 Å². The van der Waals surface area contributed by atoms with Crippen LogP contribution in [0.15, 0.2) is 23.2 Å². The lowest BCUT2D eigenvalue weighted by Gasteiger charge is -2.37. The molecule has 3 aliphatic rings. The Hall–Kier alpha value is -2.17. The van der Waals surface area contributed by atoms with Crippen molar-refractivity contribution in [3.8, 4) is 0 Å². The monoisotopic (exact) mass is 548 g/mol. The molecule has 2 amide bonds. The van der Waals surface area contributed by atoms with Crippen LogP contribution in [-0.2, 0) is 27.1 Å². The topological polar surface area (TPSA) is 90.8 Å². The van der Waals surface area contributed by atoms with E-state index < -0.39 is 11.0 Å². The predicted octanol–water partition coefficient (Wildman–Crippen LogP) is 2.59. The fourth-order valence-corrected chi connectivity index (χ4v) is 6.67. The zero-order chi connectivity index (χ0) is 26.3. The third kappa shape index (κ3) is 5.66. The number of rotatable bonds is 8. The number of hydrogen-bond donors (Lipinski definition) is 1. The van der Waals surface area contributed by atoms with Gasteiger partial charge in [0.05, 0.1) is 16.6 Å². The molecule has 37 heavy (non-hydrogen) atoms. The van der Waals surface area contributed by atoms with E-state index in [1.807, 2.05) is 46.7 Å². The standard InChI is InChI=1S/C26H37ClN6O3S/c1-18(2)25(35)31-10-8-30(9-11-31)22-12-20(37(36)29-26(3)5-6-26)13-23-21(22)15-28-33(23)17-19-4-7-32(16-19)24(34)14-27/h12-13,15,18-19,29H,4-11,14,16-17H2,1-3H3. The Labute approximate surface area is 226 Å². The number of likely N-dealkylation sites (tertiary alicyclic amines) is 1. The lowest BCUT2D eigenvalue weighted by molar-refractivity contribution is -0.134. The van der Waals surface area contributed by atoms with Gasteiger partial charge < -0.3 is 14.7 Å². The summed E-state index contributed by atoms with van der Waals surface area (Å²) < 4.78 is 18.7. The van der Waals surface area contributed by atoms with Crippen molar-refractivity contribution in [2.24, 2.45) is 11.8 Å². The maximum Gasteiger partial charge on any atom is 0.237 e. The summed E-state index contributed by atoms with van der Waals surface area (Å²) in [7, 11) is -1.34. The molecule has 3 heterocycles. The number of hydrogen-bond acceptors (Lipinski definition) is 5. The summed E-state index contributed by atoms with van der Waals surface area (Å²) in [6.45, 7) is 10.8. The first kappa shape index (κ1) is 26.4. The van der Waals surface area contributed by atoms with Crippen molar-refractivity contribution in [1.82, 2.24) is 24.3 Å². The minimum Gasteiger partial charge on any atom is -0.367 e. The van der Waals surface area contributed by atoms with Crippen molar-refractivity contribution in [2.75, 3.05) is 50.0 Å². The number of nitrogens with one attached hydrogen (secondary N) is 1. The predicted molar refractivity (Wildman–Crippen MR) is 146 cm³/mol. The van der Waals surface area contributed by atoms with Crippen molar-refractivity contribution in [3.05, 3.63) is 18.3 Å². The number of alkyl halides is 1. The summed E-state index contributed by atoms with van der Waals surface area (Å²) in [6.07, 6.45) is 4.86. The molecule has 1 aromatic carbocycles. The molecule has 0 radical (unpaired) electrons. The molecule has 2 atom stereocenters. The van der Waals surface area contributed by atoms with Crippen molar-refractivity contribution >= 4 is 51.0 Å². The second-order valence-corrected chi connectivity index (χ2v) is 12.7. The van der Waals surface area contributed by atoms with Crippen molar-refractivity contribution in [1.29, 1.82) is 0 Å². The van der Waals surface area contributed by atoms with E-state index >= 15 is 0 Å². The van der Waals surface area contributed by atoms with Crippen LogP contribution in [0.4, 0.5) is 5.69 Å². The van der Waals surface area contributed by atoms with E-state index in [9.17, 15) is 13.8 Å². The zero-order valence-corrected chi connectivity index (χ0v) is 23.5. The highest BCUT2D eigenvalue weighted by Gasteiger charge is 2.39. The van der Waals surface area contributed by atoms with Crippen molar-refractivity contribution < 1.29 is 13.8 Å². The second-order valence-electron chi connectivity index (χ2n) is 11.2. The molecule has 2 aromatic rings. The van der Waals surface area contributed by atoms with Gasteiger partial charge in [0.25, 0.3) is 0 Å². The fourth-order valence-electron chi connectivity index (χ4n) is 5.29. The first-order valence-corrected chi connectivity index (χ1v) is 14.9. The van der Waals surface area contributed by atoms with E-state index in [0.717, 1.165) is 60.4 Å². The zero-order valence-electron chi connectivity index (χ0n) is 21.9. The van der Waals surface area contributed by atoms with Gasteiger partial charge in [-0.1, -0.05) is 13.8 Å². The van der Waals surface area contributed by atoms with Gasteiger partial charge in [-0.2, -0.15) is 5.10 Å². The number of aromatic nitrogens is 2. The third-order valence-corrected chi connectivity index (χ3v) is 9.45. The van der Waals surface area contributed by atoms with Gasteiger partial charge in [0, 0.05) is 68.3 Å². The van der Waals surface area contributed by atoms with Gasteiger partial charge in [0.1, 0.15) is 16.9 Å². The summed E-state index contributed by atoms with van der Waals surface area (Å²) in [5.41, 5.74) is 1.90. The maximum absolute atomic E-state index is 13.4. The Balaban J connectivity index is 1.42. The van der Waals surface area contributed by atoms with Crippen LogP contribution in [-0.4, -0.2) is 86.3 Å². The molecule has 202 valence electrons. The molecular weight excluding hydrogens is 512 g/mol. The SMILES string of the molecule is CC(C)C(=O)N1CCN(c2cc(S(=O)NC3(C)CC3)cc3c2cnn3CC2CCN(C(=O)CCl)C2)CC1. The van der Waals surface area contributed by atoms with Gasteiger partial charge in [-0.05, 0) is 44.2 Å². The number of fused-ring (bicyclic) bond motifs is 1. The number of benzene rings is 1. The first-order chi connectivity index (χ1) is 17.7. The van der Waals surface area contributed by atoms with Gasteiger partial charge in [0.2, 0.25) is 11.8 Å². The minimum atomic E-state index is -1.34. The number of anilines is 1. The van der Waals surface area contributed by atoms with Crippen LogP contribution in [0.3, 0.4) is 0 Å². The summed E-state index contributed by atoms with van der Waals surface area (Å²) in [4.78, 5) is 31.3. The van der Waals surface area contributed by atoms with Crippen LogP contribution < -0.4 is 9.62 Å². The molecule has 1 saturated carbocycles. The molecule has 3 fully saturated rings. The molecule has 1 aliphatic carbocycles. The van der Waals surface area contributed by atoms with E-state index in [1.165, 1.54) is 0 Å². The van der Waals surface area contributed by atoms with Crippen LogP contribution in [0.1, 0.15) is 40.0 Å². The largest absolute Gasteiger partial charge is 0.367 e. The van der Waals surface area contributed by atoms with Crippen LogP contribution in [0.25, 0.3) is 10.9 Å². The average Bonchev–Trinajstić information content (AvgIpc) is 3.26. The number of nitrogens with zero attached hydrogens (tertiary/aromatic N) is 5. The lowest BCUT2D eigenvalue weighted by atomic mass is 10.1. The molecule has 5 rings (SSSR count). The van der Waals surface area contributed by atoms with E-state index in [0.29, 0.717) is 32.1 Å². The average molecular weight is 549 g/mol. The van der Waals surface area contributed by atoms with Crippen LogP contribution in [0, 0.1) is 11.8 Å². The Bertz CT molecular complexity index is 1200. The lowest BCUT2D eigenvalue weighted by Crippen LogP contribution is -2.50. The Morgan fingerprint density at radius 1 is 1.16 bits per heavy atom. The third-order valence-electron chi connectivity index (χ3n) is 7.88. The molecule has 1 N–H and O–H groups in total. The summed E-state index contributed by atoms with van der Waals surface area (Å²) in [6, 6.07) is 4.02. The Kier molecular flexibility index (Phi) is 7.53. The number of amides is 2. The quantitative estimate of drug-likeness (QED) is 0.512. The number of carbonyl (C=O) groups excluding carboxylic acids is 2. The van der Waals surface area contributed by atoms with E-state index in [-0.39, 0.29) is 29.2 Å². The molecule has 9 nitrogen and oxygen atoms in total. The summed E-state index contributed by atoms with van der Waals surface area (Å²) >= 11 is 5.76. The fraction of sp³-hybridized carbons (Fsp3) is 0.654.